The van der Waals surface area contributed by atoms with Crippen molar-refractivity contribution >= 4 is 37.5 Å². The smallest absolute Gasteiger partial charge is 0.123 e. The van der Waals surface area contributed by atoms with Crippen molar-refractivity contribution < 1.29 is 4.39 Å². The second-order valence-electron chi connectivity index (χ2n) is 3.89. The van der Waals surface area contributed by atoms with Gasteiger partial charge in [0.1, 0.15) is 5.82 Å². The fraction of sp³-hybridized carbons (Fsp3) is 0.154. The van der Waals surface area contributed by atoms with Crippen molar-refractivity contribution in [1.29, 1.82) is 0 Å². The lowest BCUT2D eigenvalue weighted by atomic mass is 10.2. The molecule has 2 rings (SSSR count). The van der Waals surface area contributed by atoms with E-state index in [0.29, 0.717) is 6.54 Å². The molecule has 0 atom stereocenters. The van der Waals surface area contributed by atoms with Crippen molar-refractivity contribution in [1.82, 2.24) is 4.98 Å². The van der Waals surface area contributed by atoms with Crippen molar-refractivity contribution in [2.75, 3.05) is 5.32 Å². The summed E-state index contributed by atoms with van der Waals surface area (Å²) in [5.74, 6) is -0.221. The molecule has 1 heterocycles. The van der Waals surface area contributed by atoms with Gasteiger partial charge in [-0.2, -0.15) is 0 Å². The van der Waals surface area contributed by atoms with Gasteiger partial charge in [-0.15, -0.1) is 0 Å². The Morgan fingerprint density at radius 2 is 2.06 bits per heavy atom. The summed E-state index contributed by atoms with van der Waals surface area (Å²) < 4.78 is 14.8. The van der Waals surface area contributed by atoms with E-state index in [9.17, 15) is 4.39 Å². The number of aromatic nitrogens is 1. The number of benzene rings is 1. The van der Waals surface area contributed by atoms with Crippen LogP contribution in [0.5, 0.6) is 0 Å². The van der Waals surface area contributed by atoms with E-state index in [4.69, 9.17) is 0 Å². The largest absolute Gasteiger partial charge is 0.379 e. The Labute approximate surface area is 122 Å². The summed E-state index contributed by atoms with van der Waals surface area (Å²) in [6.45, 7) is 2.45. The standard InChI is InChI=1S/C13H11Br2FN2/c1-8-4-10(16)2-3-12(8)18-7-13-11(15)5-9(14)6-17-13/h2-6,18H,7H2,1H3. The van der Waals surface area contributed by atoms with Crippen LogP contribution < -0.4 is 5.32 Å². The van der Waals surface area contributed by atoms with Gasteiger partial charge in [0.15, 0.2) is 0 Å². The Hall–Kier alpha value is -0.940. The van der Waals surface area contributed by atoms with Gasteiger partial charge in [-0.1, -0.05) is 0 Å². The Morgan fingerprint density at radius 3 is 2.72 bits per heavy atom. The highest BCUT2D eigenvalue weighted by atomic mass is 79.9. The van der Waals surface area contributed by atoms with Crippen LogP contribution in [0.2, 0.25) is 0 Å². The van der Waals surface area contributed by atoms with Gasteiger partial charge < -0.3 is 5.32 Å². The lowest BCUT2D eigenvalue weighted by Gasteiger charge is -2.10. The Morgan fingerprint density at radius 1 is 1.28 bits per heavy atom. The number of hydrogen-bond donors (Lipinski definition) is 1. The number of halogens is 3. The van der Waals surface area contributed by atoms with E-state index in [1.54, 1.807) is 12.3 Å². The van der Waals surface area contributed by atoms with Crippen LogP contribution in [0.15, 0.2) is 39.4 Å². The minimum absolute atomic E-state index is 0.221. The molecule has 5 heteroatoms. The maximum Gasteiger partial charge on any atom is 0.123 e. The first-order valence-electron chi connectivity index (χ1n) is 5.36. The van der Waals surface area contributed by atoms with E-state index < -0.39 is 0 Å². The first-order valence-corrected chi connectivity index (χ1v) is 6.95. The third-order valence-corrected chi connectivity index (χ3v) is 3.64. The zero-order valence-electron chi connectivity index (χ0n) is 9.67. The summed E-state index contributed by atoms with van der Waals surface area (Å²) in [6, 6.07) is 6.63. The predicted octanol–water partition coefficient (Wildman–Crippen LogP) is 4.67. The van der Waals surface area contributed by atoms with Gasteiger partial charge in [0, 0.05) is 20.8 Å². The van der Waals surface area contributed by atoms with Gasteiger partial charge in [-0.25, -0.2) is 4.39 Å². The molecular weight excluding hydrogens is 363 g/mol. The molecule has 0 saturated heterocycles. The van der Waals surface area contributed by atoms with E-state index in [0.717, 1.165) is 25.9 Å². The van der Waals surface area contributed by atoms with E-state index in [1.165, 1.54) is 12.1 Å². The van der Waals surface area contributed by atoms with Crippen molar-refractivity contribution in [3.63, 3.8) is 0 Å². The minimum Gasteiger partial charge on any atom is -0.379 e. The second-order valence-corrected chi connectivity index (χ2v) is 5.66. The van der Waals surface area contributed by atoms with Gasteiger partial charge in [-0.05, 0) is 68.6 Å². The number of hydrogen-bond acceptors (Lipinski definition) is 2. The van der Waals surface area contributed by atoms with Crippen LogP contribution in [0, 0.1) is 12.7 Å². The zero-order valence-corrected chi connectivity index (χ0v) is 12.8. The van der Waals surface area contributed by atoms with E-state index in [-0.39, 0.29) is 5.82 Å². The highest BCUT2D eigenvalue weighted by Crippen LogP contribution is 2.21. The van der Waals surface area contributed by atoms with Gasteiger partial charge in [-0.3, -0.25) is 4.98 Å². The van der Waals surface area contributed by atoms with E-state index in [2.05, 4.69) is 42.2 Å². The van der Waals surface area contributed by atoms with Gasteiger partial charge in [0.05, 0.1) is 12.2 Å². The predicted molar refractivity (Wildman–Crippen MR) is 78.1 cm³/mol. The lowest BCUT2D eigenvalue weighted by Crippen LogP contribution is -2.04. The van der Waals surface area contributed by atoms with Crippen LogP contribution in [-0.4, -0.2) is 4.98 Å². The average molecular weight is 374 g/mol. The highest BCUT2D eigenvalue weighted by Gasteiger charge is 2.04. The number of aryl methyl sites for hydroxylation is 1. The molecule has 0 aliphatic heterocycles. The van der Waals surface area contributed by atoms with Crippen LogP contribution >= 0.6 is 31.9 Å². The second kappa shape index (κ2) is 5.80. The van der Waals surface area contributed by atoms with Crippen molar-refractivity contribution in [3.05, 3.63) is 56.5 Å². The van der Waals surface area contributed by atoms with E-state index >= 15 is 0 Å². The molecule has 0 spiro atoms. The fourth-order valence-corrected chi connectivity index (χ4v) is 2.71. The van der Waals surface area contributed by atoms with Gasteiger partial charge in [0.2, 0.25) is 0 Å². The maximum atomic E-state index is 13.0. The molecule has 94 valence electrons. The molecule has 1 aromatic heterocycles. The topological polar surface area (TPSA) is 24.9 Å². The summed E-state index contributed by atoms with van der Waals surface area (Å²) >= 11 is 6.82. The molecule has 0 aliphatic carbocycles. The average Bonchev–Trinajstić information content (AvgIpc) is 2.30. The lowest BCUT2D eigenvalue weighted by molar-refractivity contribution is 0.627. The highest BCUT2D eigenvalue weighted by molar-refractivity contribution is 9.11. The maximum absolute atomic E-state index is 13.0. The Kier molecular flexibility index (Phi) is 4.35. The molecule has 0 radical (unpaired) electrons. The summed E-state index contributed by atoms with van der Waals surface area (Å²) in [5.41, 5.74) is 2.69. The molecular formula is C13H11Br2FN2. The summed E-state index contributed by atoms with van der Waals surface area (Å²) in [5, 5.41) is 3.24. The number of rotatable bonds is 3. The molecule has 2 aromatic rings. The minimum atomic E-state index is -0.221. The number of nitrogens with one attached hydrogen (secondary N) is 1. The van der Waals surface area contributed by atoms with Crippen molar-refractivity contribution in [3.8, 4) is 0 Å². The Balaban J connectivity index is 2.11. The van der Waals surface area contributed by atoms with Crippen LogP contribution in [0.1, 0.15) is 11.3 Å². The molecule has 1 N–H and O–H groups in total. The quantitative estimate of drug-likeness (QED) is 0.845. The van der Waals surface area contributed by atoms with Crippen LogP contribution in [-0.2, 0) is 6.54 Å². The van der Waals surface area contributed by atoms with Gasteiger partial charge >= 0.3 is 0 Å². The van der Waals surface area contributed by atoms with Crippen LogP contribution in [0.25, 0.3) is 0 Å². The summed E-state index contributed by atoms with van der Waals surface area (Å²) in [6.07, 6.45) is 1.75. The van der Waals surface area contributed by atoms with Gasteiger partial charge in [0.25, 0.3) is 0 Å². The normalized spacial score (nSPS) is 10.4. The number of anilines is 1. The fourth-order valence-electron chi connectivity index (χ4n) is 1.58. The molecule has 18 heavy (non-hydrogen) atoms. The molecule has 0 fully saturated rings. The SMILES string of the molecule is Cc1cc(F)ccc1NCc1ncc(Br)cc1Br. The first kappa shape index (κ1) is 13.5. The first-order chi connectivity index (χ1) is 8.56. The van der Waals surface area contributed by atoms with Crippen LogP contribution in [0.3, 0.4) is 0 Å². The summed E-state index contributed by atoms with van der Waals surface area (Å²) in [4.78, 5) is 4.31. The number of pyridine rings is 1. The zero-order chi connectivity index (χ0) is 13.1. The molecule has 0 bridgehead atoms. The molecule has 0 amide bonds. The summed E-state index contributed by atoms with van der Waals surface area (Å²) in [7, 11) is 0. The third kappa shape index (κ3) is 3.29. The molecule has 1 aromatic carbocycles. The molecule has 0 unspecified atom stereocenters. The molecule has 2 nitrogen and oxygen atoms in total. The molecule has 0 aliphatic rings. The van der Waals surface area contributed by atoms with Crippen molar-refractivity contribution in [2.45, 2.75) is 13.5 Å². The third-order valence-electron chi connectivity index (χ3n) is 2.52. The Bertz CT molecular complexity index is 521. The molecule has 0 saturated carbocycles. The van der Waals surface area contributed by atoms with E-state index in [1.807, 2.05) is 13.0 Å². The van der Waals surface area contributed by atoms with Crippen molar-refractivity contribution in [2.24, 2.45) is 0 Å². The monoisotopic (exact) mass is 372 g/mol. The number of nitrogens with zero attached hydrogens (tertiary/aromatic N) is 1. The van der Waals surface area contributed by atoms with Crippen LogP contribution in [0.4, 0.5) is 10.1 Å².